The van der Waals surface area contributed by atoms with Gasteiger partial charge in [0.2, 0.25) is 0 Å². The quantitative estimate of drug-likeness (QED) is 0.624. The van der Waals surface area contributed by atoms with E-state index in [-0.39, 0.29) is 29.3 Å². The molecule has 4 N–H and O–H groups in total. The van der Waals surface area contributed by atoms with E-state index in [4.69, 9.17) is 0 Å². The average molecular weight is 286 g/mol. The van der Waals surface area contributed by atoms with Crippen LogP contribution in [0.5, 0.6) is 0 Å². The number of amides is 1. The zero-order valence-electron chi connectivity index (χ0n) is 12.9. The standard InChI is InChI=1S/C14H25N3O2.H2O/c1-5-13(18)11(15-6-2)10-16-14(19)12-8-7-9-17(12,3)4;/h7,9,11-12,15H,5-6,8,10H2,1-4H3;1H2/p+1/t11-,12?;/m0./s1. The Balaban J connectivity index is 0.00000361. The van der Waals surface area contributed by atoms with Gasteiger partial charge in [0.15, 0.2) is 11.8 Å². The van der Waals surface area contributed by atoms with Gasteiger partial charge in [0.1, 0.15) is 0 Å². The fraction of sp³-hybridized carbons (Fsp3) is 0.714. The van der Waals surface area contributed by atoms with Crippen LogP contribution in [0.1, 0.15) is 26.7 Å². The summed E-state index contributed by atoms with van der Waals surface area (Å²) < 4.78 is 0.569. The fourth-order valence-corrected chi connectivity index (χ4v) is 2.36. The zero-order valence-corrected chi connectivity index (χ0v) is 12.9. The maximum absolute atomic E-state index is 12.2. The van der Waals surface area contributed by atoms with Gasteiger partial charge in [-0.15, -0.1) is 0 Å². The number of likely N-dealkylation sites (N-methyl/N-ethyl adjacent to an activating group) is 2. The van der Waals surface area contributed by atoms with Crippen LogP contribution < -0.4 is 10.6 Å². The number of carbonyl (C=O) groups excluding carboxylic acids is 2. The van der Waals surface area contributed by atoms with Crippen molar-refractivity contribution in [2.24, 2.45) is 0 Å². The van der Waals surface area contributed by atoms with E-state index < -0.39 is 0 Å². The predicted molar refractivity (Wildman–Crippen MR) is 79.0 cm³/mol. The Morgan fingerprint density at radius 1 is 1.35 bits per heavy atom. The van der Waals surface area contributed by atoms with Crippen molar-refractivity contribution in [3.63, 3.8) is 0 Å². The number of nitrogens with zero attached hydrogens (tertiary/aromatic N) is 1. The number of Topliss-reactive ketones (excluding diaryl/α,β-unsaturated/α-hetero) is 1. The third kappa shape index (κ3) is 4.70. The third-order valence-corrected chi connectivity index (χ3v) is 3.62. The highest BCUT2D eigenvalue weighted by Crippen LogP contribution is 2.19. The fourth-order valence-electron chi connectivity index (χ4n) is 2.36. The van der Waals surface area contributed by atoms with Gasteiger partial charge in [-0.2, -0.15) is 0 Å². The van der Waals surface area contributed by atoms with Crippen LogP contribution in [0.15, 0.2) is 12.3 Å². The summed E-state index contributed by atoms with van der Waals surface area (Å²) in [6.45, 7) is 4.89. The van der Waals surface area contributed by atoms with Crippen molar-refractivity contribution >= 4 is 11.7 Å². The largest absolute Gasteiger partial charge is 0.412 e. The lowest BCUT2D eigenvalue weighted by Crippen LogP contribution is -2.53. The van der Waals surface area contributed by atoms with Crippen molar-refractivity contribution in [2.75, 3.05) is 27.2 Å². The minimum absolute atomic E-state index is 0. The second kappa shape index (κ2) is 8.14. The molecule has 1 aliphatic rings. The molecule has 0 fully saturated rings. The maximum atomic E-state index is 12.2. The summed E-state index contributed by atoms with van der Waals surface area (Å²) in [5.41, 5.74) is 0. The van der Waals surface area contributed by atoms with Crippen molar-refractivity contribution < 1.29 is 19.5 Å². The van der Waals surface area contributed by atoms with Gasteiger partial charge in [-0.1, -0.05) is 13.8 Å². The second-order valence-electron chi connectivity index (χ2n) is 5.44. The number of nitrogens with one attached hydrogen (secondary N) is 2. The molecule has 116 valence electrons. The summed E-state index contributed by atoms with van der Waals surface area (Å²) in [6, 6.07) is -0.358. The molecule has 0 aliphatic carbocycles. The van der Waals surface area contributed by atoms with E-state index in [1.807, 2.05) is 40.2 Å². The summed E-state index contributed by atoms with van der Waals surface area (Å²) in [5.74, 6) is 0.155. The zero-order chi connectivity index (χ0) is 14.5. The molecule has 0 radical (unpaired) electrons. The van der Waals surface area contributed by atoms with Gasteiger partial charge in [-0.25, -0.2) is 0 Å². The Labute approximate surface area is 121 Å². The number of rotatable bonds is 7. The van der Waals surface area contributed by atoms with Crippen LogP contribution in [0, 0.1) is 0 Å². The van der Waals surface area contributed by atoms with E-state index in [9.17, 15) is 9.59 Å². The molecule has 6 nitrogen and oxygen atoms in total. The normalized spacial score (nSPS) is 21.1. The lowest BCUT2D eigenvalue weighted by molar-refractivity contribution is -0.849. The molecule has 1 heterocycles. The Morgan fingerprint density at radius 3 is 2.45 bits per heavy atom. The Kier molecular flexibility index (Phi) is 7.63. The summed E-state index contributed by atoms with van der Waals surface area (Å²) in [4.78, 5) is 23.9. The predicted octanol–water partition coefficient (Wildman–Crippen LogP) is -0.402. The van der Waals surface area contributed by atoms with Crippen LogP contribution in [-0.4, -0.2) is 60.9 Å². The lowest BCUT2D eigenvalue weighted by atomic mass is 10.1. The van der Waals surface area contributed by atoms with Crippen LogP contribution in [0.3, 0.4) is 0 Å². The summed E-state index contributed by atoms with van der Waals surface area (Å²) in [7, 11) is 4.01. The lowest BCUT2D eigenvalue weighted by Gasteiger charge is -2.29. The van der Waals surface area contributed by atoms with Crippen molar-refractivity contribution in [1.29, 1.82) is 0 Å². The summed E-state index contributed by atoms with van der Waals surface area (Å²) in [5, 5.41) is 6.02. The molecule has 0 aromatic carbocycles. The minimum Gasteiger partial charge on any atom is -0.412 e. The molecular weight excluding hydrogens is 258 g/mol. The molecule has 0 saturated carbocycles. The number of quaternary nitrogens is 1. The SMILES string of the molecule is CCN[C@@H](CNC(=O)C1CC=C[N+]1(C)C)C(=O)CC.O. The first-order valence-corrected chi connectivity index (χ1v) is 6.97. The van der Waals surface area contributed by atoms with Crippen LogP contribution >= 0.6 is 0 Å². The Bertz CT molecular complexity index is 367. The van der Waals surface area contributed by atoms with Gasteiger partial charge >= 0.3 is 0 Å². The summed E-state index contributed by atoms with van der Waals surface area (Å²) >= 11 is 0. The van der Waals surface area contributed by atoms with Crippen molar-refractivity contribution in [3.8, 4) is 0 Å². The molecule has 0 aromatic rings. The minimum atomic E-state index is -0.274. The highest BCUT2D eigenvalue weighted by atomic mass is 16.2. The highest BCUT2D eigenvalue weighted by Gasteiger charge is 2.36. The molecule has 0 aromatic heterocycles. The van der Waals surface area contributed by atoms with Gasteiger partial charge in [-0.05, 0) is 12.6 Å². The van der Waals surface area contributed by atoms with E-state index in [1.165, 1.54) is 0 Å². The molecule has 1 aliphatic heterocycles. The van der Waals surface area contributed by atoms with Crippen LogP contribution in [-0.2, 0) is 9.59 Å². The van der Waals surface area contributed by atoms with E-state index in [0.717, 1.165) is 13.0 Å². The first-order valence-electron chi connectivity index (χ1n) is 6.97. The molecule has 0 bridgehead atoms. The molecule has 1 unspecified atom stereocenters. The van der Waals surface area contributed by atoms with Gasteiger partial charge < -0.3 is 16.1 Å². The first-order chi connectivity index (χ1) is 8.92. The number of hydrogen-bond donors (Lipinski definition) is 2. The molecular formula is C14H28N3O3+. The maximum Gasteiger partial charge on any atom is 0.279 e. The molecule has 6 heteroatoms. The number of ketones is 1. The van der Waals surface area contributed by atoms with Gasteiger partial charge in [0.05, 0.1) is 26.3 Å². The number of carbonyl (C=O) groups is 2. The molecule has 20 heavy (non-hydrogen) atoms. The van der Waals surface area contributed by atoms with E-state index >= 15 is 0 Å². The molecule has 0 saturated heterocycles. The third-order valence-electron chi connectivity index (χ3n) is 3.62. The second-order valence-corrected chi connectivity index (χ2v) is 5.44. The first kappa shape index (κ1) is 18.8. The van der Waals surface area contributed by atoms with E-state index in [0.29, 0.717) is 17.4 Å². The van der Waals surface area contributed by atoms with Crippen LogP contribution in [0.2, 0.25) is 0 Å². The topological polar surface area (TPSA) is 89.7 Å². The van der Waals surface area contributed by atoms with Gasteiger partial charge in [0, 0.05) is 19.4 Å². The van der Waals surface area contributed by atoms with Crippen molar-refractivity contribution in [1.82, 2.24) is 10.6 Å². The van der Waals surface area contributed by atoms with Crippen molar-refractivity contribution in [3.05, 3.63) is 12.3 Å². The van der Waals surface area contributed by atoms with E-state index in [1.54, 1.807) is 0 Å². The van der Waals surface area contributed by atoms with Gasteiger partial charge in [0.25, 0.3) is 5.91 Å². The Hall–Kier alpha value is -1.24. The summed E-state index contributed by atoms with van der Waals surface area (Å²) in [6.07, 6.45) is 5.30. The average Bonchev–Trinajstić information content (AvgIpc) is 2.72. The number of hydrogen-bond acceptors (Lipinski definition) is 3. The van der Waals surface area contributed by atoms with Crippen molar-refractivity contribution in [2.45, 2.75) is 38.8 Å². The molecule has 1 rings (SSSR count). The Morgan fingerprint density at radius 2 is 2.00 bits per heavy atom. The van der Waals surface area contributed by atoms with Crippen LogP contribution in [0.25, 0.3) is 0 Å². The van der Waals surface area contributed by atoms with Gasteiger partial charge in [-0.3, -0.25) is 14.1 Å². The van der Waals surface area contributed by atoms with E-state index in [2.05, 4.69) is 10.6 Å². The smallest absolute Gasteiger partial charge is 0.279 e. The molecule has 1 amide bonds. The molecule has 2 atom stereocenters. The molecule has 0 spiro atoms. The monoisotopic (exact) mass is 286 g/mol. The highest BCUT2D eigenvalue weighted by molar-refractivity contribution is 5.86. The van der Waals surface area contributed by atoms with Crippen LogP contribution in [0.4, 0.5) is 0 Å².